The van der Waals surface area contributed by atoms with Gasteiger partial charge in [-0.25, -0.2) is 17.2 Å². The zero-order valence-corrected chi connectivity index (χ0v) is 16.8. The van der Waals surface area contributed by atoms with E-state index in [9.17, 15) is 22.0 Å². The molecule has 0 aromatic heterocycles. The molecule has 29 heavy (non-hydrogen) atoms. The molecular weight excluding hydrogens is 400 g/mol. The first kappa shape index (κ1) is 21.4. The smallest absolute Gasteiger partial charge is 0.241 e. The van der Waals surface area contributed by atoms with Gasteiger partial charge in [-0.1, -0.05) is 30.3 Å². The molecule has 1 unspecified atom stereocenters. The van der Waals surface area contributed by atoms with Crippen LogP contribution in [-0.2, 0) is 20.6 Å². The molecule has 0 aliphatic carbocycles. The van der Waals surface area contributed by atoms with Crippen molar-refractivity contribution in [3.05, 3.63) is 65.7 Å². The number of halogens is 2. The van der Waals surface area contributed by atoms with Gasteiger partial charge < -0.3 is 5.32 Å². The Balaban J connectivity index is 1.55. The van der Waals surface area contributed by atoms with Crippen LogP contribution in [0.1, 0.15) is 12.5 Å². The SMILES string of the molecule is CC(C(=O)Nc1ccc(F)c(F)c1)N1CCN(S(=O)(=O)Cc2ccccc2)CC1. The van der Waals surface area contributed by atoms with Crippen molar-refractivity contribution in [1.29, 1.82) is 0 Å². The molecule has 6 nitrogen and oxygen atoms in total. The molecule has 0 bridgehead atoms. The Hall–Kier alpha value is -2.36. The lowest BCUT2D eigenvalue weighted by atomic mass is 10.2. The Bertz CT molecular complexity index is 962. The average Bonchev–Trinajstić information content (AvgIpc) is 2.70. The maximum Gasteiger partial charge on any atom is 0.241 e. The molecule has 1 atom stereocenters. The molecule has 1 aliphatic heterocycles. The van der Waals surface area contributed by atoms with Crippen LogP contribution < -0.4 is 5.32 Å². The summed E-state index contributed by atoms with van der Waals surface area (Å²) in [6.07, 6.45) is 0. The van der Waals surface area contributed by atoms with Crippen molar-refractivity contribution in [1.82, 2.24) is 9.21 Å². The predicted molar refractivity (Wildman–Crippen MR) is 107 cm³/mol. The van der Waals surface area contributed by atoms with E-state index in [4.69, 9.17) is 0 Å². The highest BCUT2D eigenvalue weighted by atomic mass is 32.2. The molecule has 0 spiro atoms. The molecule has 1 heterocycles. The lowest BCUT2D eigenvalue weighted by molar-refractivity contribution is -0.121. The molecule has 0 radical (unpaired) electrons. The minimum atomic E-state index is -3.43. The van der Waals surface area contributed by atoms with Gasteiger partial charge in [0.2, 0.25) is 15.9 Å². The summed E-state index contributed by atoms with van der Waals surface area (Å²) >= 11 is 0. The number of rotatable bonds is 6. The van der Waals surface area contributed by atoms with E-state index in [2.05, 4.69) is 5.32 Å². The van der Waals surface area contributed by atoms with Gasteiger partial charge in [-0.2, -0.15) is 4.31 Å². The van der Waals surface area contributed by atoms with Crippen LogP contribution in [0.4, 0.5) is 14.5 Å². The maximum absolute atomic E-state index is 13.3. The zero-order chi connectivity index (χ0) is 21.0. The van der Waals surface area contributed by atoms with Gasteiger partial charge in [0.05, 0.1) is 11.8 Å². The topological polar surface area (TPSA) is 69.7 Å². The number of piperazine rings is 1. The normalized spacial score (nSPS) is 17.1. The summed E-state index contributed by atoms with van der Waals surface area (Å²) in [5.41, 5.74) is 0.902. The monoisotopic (exact) mass is 423 g/mol. The molecule has 3 rings (SSSR count). The first-order valence-corrected chi connectivity index (χ1v) is 10.9. The lowest BCUT2D eigenvalue weighted by Crippen LogP contribution is -2.54. The Kier molecular flexibility index (Phi) is 6.61. The van der Waals surface area contributed by atoms with Crippen molar-refractivity contribution >= 4 is 21.6 Å². The summed E-state index contributed by atoms with van der Waals surface area (Å²) in [6, 6.07) is 11.6. The number of benzene rings is 2. The van der Waals surface area contributed by atoms with Crippen molar-refractivity contribution in [2.75, 3.05) is 31.5 Å². The number of anilines is 1. The highest BCUT2D eigenvalue weighted by Crippen LogP contribution is 2.17. The van der Waals surface area contributed by atoms with Gasteiger partial charge >= 0.3 is 0 Å². The highest BCUT2D eigenvalue weighted by Gasteiger charge is 2.31. The number of nitrogens with one attached hydrogen (secondary N) is 1. The van der Waals surface area contributed by atoms with Crippen LogP contribution in [0, 0.1) is 11.6 Å². The Morgan fingerprint density at radius 1 is 1.03 bits per heavy atom. The molecule has 156 valence electrons. The van der Waals surface area contributed by atoms with Crippen LogP contribution >= 0.6 is 0 Å². The van der Waals surface area contributed by atoms with Crippen molar-refractivity contribution < 1.29 is 22.0 Å². The van der Waals surface area contributed by atoms with Gasteiger partial charge in [0.15, 0.2) is 11.6 Å². The minimum Gasteiger partial charge on any atom is -0.325 e. The van der Waals surface area contributed by atoms with Gasteiger partial charge in [-0.3, -0.25) is 9.69 Å². The summed E-state index contributed by atoms with van der Waals surface area (Å²) in [4.78, 5) is 14.3. The third kappa shape index (κ3) is 5.37. The van der Waals surface area contributed by atoms with Crippen molar-refractivity contribution in [2.45, 2.75) is 18.7 Å². The summed E-state index contributed by atoms with van der Waals surface area (Å²) in [5, 5.41) is 2.56. The average molecular weight is 423 g/mol. The van der Waals surface area contributed by atoms with E-state index in [-0.39, 0.29) is 30.4 Å². The third-order valence-electron chi connectivity index (χ3n) is 4.97. The largest absolute Gasteiger partial charge is 0.325 e. The Morgan fingerprint density at radius 2 is 1.69 bits per heavy atom. The van der Waals surface area contributed by atoms with Crippen LogP contribution in [0.3, 0.4) is 0 Å². The zero-order valence-electron chi connectivity index (χ0n) is 16.0. The van der Waals surface area contributed by atoms with Crippen LogP contribution in [0.2, 0.25) is 0 Å². The summed E-state index contributed by atoms with van der Waals surface area (Å²) in [5.74, 6) is -2.44. The van der Waals surface area contributed by atoms with E-state index in [0.29, 0.717) is 13.1 Å². The first-order valence-electron chi connectivity index (χ1n) is 9.28. The second kappa shape index (κ2) is 8.98. The second-order valence-corrected chi connectivity index (χ2v) is 8.94. The van der Waals surface area contributed by atoms with E-state index in [0.717, 1.165) is 17.7 Å². The number of nitrogens with zero attached hydrogens (tertiary/aromatic N) is 2. The summed E-state index contributed by atoms with van der Waals surface area (Å²) in [6.45, 7) is 3.08. The molecule has 1 N–H and O–H groups in total. The molecule has 1 fully saturated rings. The van der Waals surface area contributed by atoms with E-state index >= 15 is 0 Å². The van der Waals surface area contributed by atoms with E-state index in [1.54, 1.807) is 31.2 Å². The fourth-order valence-electron chi connectivity index (χ4n) is 3.23. The Labute approximate surface area is 169 Å². The Morgan fingerprint density at radius 3 is 2.31 bits per heavy atom. The standard InChI is InChI=1S/C20H23F2N3O3S/c1-15(20(26)23-17-7-8-18(21)19(22)13-17)24-9-11-25(12-10-24)29(27,28)14-16-5-3-2-4-6-16/h2-8,13,15H,9-12,14H2,1H3,(H,23,26). The van der Waals surface area contributed by atoms with E-state index in [1.165, 1.54) is 10.4 Å². The van der Waals surface area contributed by atoms with Crippen LogP contribution in [0.25, 0.3) is 0 Å². The minimum absolute atomic E-state index is 0.0555. The fraction of sp³-hybridized carbons (Fsp3) is 0.350. The van der Waals surface area contributed by atoms with E-state index in [1.807, 2.05) is 11.0 Å². The van der Waals surface area contributed by atoms with Crippen LogP contribution in [0.5, 0.6) is 0 Å². The van der Waals surface area contributed by atoms with Crippen molar-refractivity contribution in [2.24, 2.45) is 0 Å². The number of amides is 1. The predicted octanol–water partition coefficient (Wildman–Crippen LogP) is 2.44. The quantitative estimate of drug-likeness (QED) is 0.775. The molecule has 9 heteroatoms. The molecule has 2 aromatic rings. The first-order chi connectivity index (χ1) is 13.8. The molecular formula is C20H23F2N3O3S. The molecule has 1 saturated heterocycles. The van der Waals surface area contributed by atoms with E-state index < -0.39 is 27.7 Å². The summed E-state index contributed by atoms with van der Waals surface area (Å²) < 4.78 is 53.0. The lowest BCUT2D eigenvalue weighted by Gasteiger charge is -2.36. The maximum atomic E-state index is 13.3. The van der Waals surface area contributed by atoms with Gasteiger partial charge in [0, 0.05) is 37.9 Å². The number of carbonyl (C=O) groups excluding carboxylic acids is 1. The second-order valence-electron chi connectivity index (χ2n) is 6.97. The highest BCUT2D eigenvalue weighted by molar-refractivity contribution is 7.88. The van der Waals surface area contributed by atoms with Crippen LogP contribution in [-0.4, -0.2) is 55.8 Å². The molecule has 1 amide bonds. The van der Waals surface area contributed by atoms with Gasteiger partial charge in [0.1, 0.15) is 0 Å². The van der Waals surface area contributed by atoms with Crippen LogP contribution in [0.15, 0.2) is 48.5 Å². The van der Waals surface area contributed by atoms with Crippen molar-refractivity contribution in [3.63, 3.8) is 0 Å². The molecule has 1 aliphatic rings. The van der Waals surface area contributed by atoms with Gasteiger partial charge in [-0.05, 0) is 24.6 Å². The third-order valence-corrected chi connectivity index (χ3v) is 6.82. The molecule has 2 aromatic carbocycles. The van der Waals surface area contributed by atoms with Gasteiger partial charge in [-0.15, -0.1) is 0 Å². The van der Waals surface area contributed by atoms with Gasteiger partial charge in [0.25, 0.3) is 0 Å². The number of hydrogen-bond acceptors (Lipinski definition) is 4. The fourth-order valence-corrected chi connectivity index (χ4v) is 4.75. The van der Waals surface area contributed by atoms with Crippen molar-refractivity contribution in [3.8, 4) is 0 Å². The molecule has 0 saturated carbocycles. The number of sulfonamides is 1. The number of carbonyl (C=O) groups is 1. The number of hydrogen-bond donors (Lipinski definition) is 1. The summed E-state index contributed by atoms with van der Waals surface area (Å²) in [7, 11) is -3.43.